The third kappa shape index (κ3) is 6.58. The molecule has 0 aromatic heterocycles. The molecule has 10 heteroatoms. The predicted octanol–water partition coefficient (Wildman–Crippen LogP) is 1.46. The van der Waals surface area contributed by atoms with Crippen molar-refractivity contribution in [1.82, 2.24) is 4.31 Å². The van der Waals surface area contributed by atoms with Gasteiger partial charge in [-0.15, -0.1) is 0 Å². The van der Waals surface area contributed by atoms with E-state index in [9.17, 15) is 13.5 Å². The molecule has 3 atom stereocenters. The first-order valence-corrected chi connectivity index (χ1v) is 11.7. The van der Waals surface area contributed by atoms with Crippen LogP contribution in [0.1, 0.15) is 18.4 Å². The van der Waals surface area contributed by atoms with E-state index in [-0.39, 0.29) is 24.7 Å². The van der Waals surface area contributed by atoms with Crippen LogP contribution >= 0.6 is 0 Å². The second-order valence-electron chi connectivity index (χ2n) is 7.57. The van der Waals surface area contributed by atoms with Crippen LogP contribution in [0.5, 0.6) is 0 Å². The highest BCUT2D eigenvalue weighted by atomic mass is 32.2. The van der Waals surface area contributed by atoms with Crippen molar-refractivity contribution < 1.29 is 32.5 Å². The molecule has 2 aliphatic rings. The van der Waals surface area contributed by atoms with Gasteiger partial charge in [-0.1, -0.05) is 17.7 Å². The number of aliphatic imine (C=N–C) groups is 1. The number of aliphatic hydroxyl groups is 1. The Morgan fingerprint density at radius 1 is 1.32 bits per heavy atom. The molecule has 1 aromatic rings. The summed E-state index contributed by atoms with van der Waals surface area (Å²) in [7, 11) is -2.15. The summed E-state index contributed by atoms with van der Waals surface area (Å²) in [6, 6.07) is 6.79. The van der Waals surface area contributed by atoms with Gasteiger partial charge in [0.05, 0.1) is 36.1 Å². The number of hydrogen-bond acceptors (Lipinski definition) is 8. The number of piperidine rings is 1. The second-order valence-corrected chi connectivity index (χ2v) is 9.51. The van der Waals surface area contributed by atoms with Crippen molar-refractivity contribution in [2.45, 2.75) is 43.2 Å². The fourth-order valence-corrected chi connectivity index (χ4v) is 4.90. The minimum Gasteiger partial charge on any atom is -0.494 e. The van der Waals surface area contributed by atoms with Gasteiger partial charge in [-0.3, -0.25) is 4.99 Å². The smallest absolute Gasteiger partial charge is 0.243 e. The Bertz CT molecular complexity index is 870. The van der Waals surface area contributed by atoms with Gasteiger partial charge in [0.1, 0.15) is 19.0 Å². The lowest BCUT2D eigenvalue weighted by molar-refractivity contribution is -0.221. The number of aryl methyl sites for hydroxylation is 1. The first-order valence-electron chi connectivity index (χ1n) is 10.2. The van der Waals surface area contributed by atoms with Gasteiger partial charge in [-0.25, -0.2) is 8.42 Å². The maximum absolute atomic E-state index is 13.0. The molecule has 1 fully saturated rings. The van der Waals surface area contributed by atoms with E-state index in [0.717, 1.165) is 5.56 Å². The van der Waals surface area contributed by atoms with E-state index in [0.29, 0.717) is 31.7 Å². The first-order chi connectivity index (χ1) is 14.9. The third-order valence-electron chi connectivity index (χ3n) is 5.06. The Labute approximate surface area is 183 Å². The fraction of sp³-hybridized carbons (Fsp3) is 0.571. The number of hydrogen-bond donors (Lipinski definition) is 1. The number of sulfonamides is 1. The lowest BCUT2D eigenvalue weighted by atomic mass is 10.1. The van der Waals surface area contributed by atoms with Gasteiger partial charge in [-0.05, 0) is 31.9 Å². The van der Waals surface area contributed by atoms with Crippen LogP contribution in [0.4, 0.5) is 0 Å². The van der Waals surface area contributed by atoms with Crippen molar-refractivity contribution in [2.75, 3.05) is 40.0 Å². The first kappa shape index (κ1) is 23.8. The fourth-order valence-electron chi connectivity index (χ4n) is 3.39. The van der Waals surface area contributed by atoms with Crippen LogP contribution in [0.15, 0.2) is 46.6 Å². The van der Waals surface area contributed by atoms with Crippen LogP contribution in [0.25, 0.3) is 0 Å². The minimum absolute atomic E-state index is 0.0195. The van der Waals surface area contributed by atoms with Crippen molar-refractivity contribution in [3.63, 3.8) is 0 Å². The number of benzene rings is 1. The van der Waals surface area contributed by atoms with E-state index < -0.39 is 28.5 Å². The van der Waals surface area contributed by atoms with Crippen molar-refractivity contribution in [2.24, 2.45) is 4.99 Å². The van der Waals surface area contributed by atoms with Crippen molar-refractivity contribution >= 4 is 15.7 Å². The standard InChI is InChI=1S/C21H30N2O7S/c1-16-5-7-19(8-6-16)31(25,26)23-10-3-4-18(12-23)30-21(20(24)15-27-2)29-14-17-13-28-11-9-22-17/h5-9,11,18,20-21,24H,3-4,10,12-15H2,1-2H3. The Kier molecular flexibility index (Phi) is 8.58. The van der Waals surface area contributed by atoms with Gasteiger partial charge >= 0.3 is 0 Å². The quantitative estimate of drug-likeness (QED) is 0.533. The predicted molar refractivity (Wildman–Crippen MR) is 114 cm³/mol. The van der Waals surface area contributed by atoms with E-state index >= 15 is 0 Å². The van der Waals surface area contributed by atoms with E-state index in [1.807, 2.05) is 6.92 Å². The molecule has 2 aliphatic heterocycles. The van der Waals surface area contributed by atoms with Crippen LogP contribution in [-0.4, -0.2) is 82.1 Å². The van der Waals surface area contributed by atoms with E-state index in [4.69, 9.17) is 18.9 Å². The van der Waals surface area contributed by atoms with Gasteiger partial charge in [0.2, 0.25) is 10.0 Å². The second kappa shape index (κ2) is 11.2. The molecule has 3 unspecified atom stereocenters. The van der Waals surface area contributed by atoms with E-state index in [1.165, 1.54) is 23.9 Å². The number of aliphatic hydroxyl groups excluding tert-OH is 1. The van der Waals surface area contributed by atoms with Crippen molar-refractivity contribution in [3.8, 4) is 0 Å². The summed E-state index contributed by atoms with van der Waals surface area (Å²) in [6.45, 7) is 2.95. The Morgan fingerprint density at radius 3 is 2.77 bits per heavy atom. The van der Waals surface area contributed by atoms with Gasteiger partial charge < -0.3 is 24.1 Å². The molecular formula is C21H30N2O7S. The SMILES string of the molecule is COCC(O)C(OCC1=NC=COC1)OC1CCCN(S(=O)(=O)c2ccc(C)cc2)C1. The molecule has 1 aromatic carbocycles. The molecule has 1 saturated heterocycles. The van der Waals surface area contributed by atoms with E-state index in [2.05, 4.69) is 4.99 Å². The molecule has 172 valence electrons. The van der Waals surface area contributed by atoms with E-state index in [1.54, 1.807) is 24.3 Å². The normalized spacial score (nSPS) is 21.9. The highest BCUT2D eigenvalue weighted by Crippen LogP contribution is 2.24. The average Bonchev–Trinajstić information content (AvgIpc) is 2.78. The van der Waals surface area contributed by atoms with Crippen LogP contribution in [0.2, 0.25) is 0 Å². The van der Waals surface area contributed by atoms with Gasteiger partial charge in [-0.2, -0.15) is 4.31 Å². The van der Waals surface area contributed by atoms with Gasteiger partial charge in [0, 0.05) is 20.2 Å². The lowest BCUT2D eigenvalue weighted by Gasteiger charge is -2.35. The Morgan fingerprint density at radius 2 is 2.10 bits per heavy atom. The molecule has 0 radical (unpaired) electrons. The lowest BCUT2D eigenvalue weighted by Crippen LogP contribution is -2.47. The Balaban J connectivity index is 1.65. The summed E-state index contributed by atoms with van der Waals surface area (Å²) >= 11 is 0. The molecule has 0 spiro atoms. The maximum Gasteiger partial charge on any atom is 0.243 e. The molecule has 0 amide bonds. The van der Waals surface area contributed by atoms with Crippen LogP contribution < -0.4 is 0 Å². The minimum atomic E-state index is -3.63. The van der Waals surface area contributed by atoms with Crippen molar-refractivity contribution in [3.05, 3.63) is 42.3 Å². The van der Waals surface area contributed by atoms with Crippen LogP contribution in [0.3, 0.4) is 0 Å². The largest absolute Gasteiger partial charge is 0.494 e. The van der Waals surface area contributed by atoms with Gasteiger partial charge in [0.25, 0.3) is 0 Å². The molecule has 0 bridgehead atoms. The highest BCUT2D eigenvalue weighted by Gasteiger charge is 2.33. The van der Waals surface area contributed by atoms with Gasteiger partial charge in [0.15, 0.2) is 6.29 Å². The number of ether oxygens (including phenoxy) is 4. The molecule has 1 N–H and O–H groups in total. The Hall–Kier alpha value is -1.82. The number of rotatable bonds is 10. The summed E-state index contributed by atoms with van der Waals surface area (Å²) in [5, 5.41) is 10.4. The molecule has 0 saturated carbocycles. The number of methoxy groups -OCH3 is 1. The summed E-state index contributed by atoms with van der Waals surface area (Å²) < 4.78 is 49.5. The third-order valence-corrected chi connectivity index (χ3v) is 6.94. The zero-order valence-corrected chi connectivity index (χ0v) is 18.7. The molecule has 0 aliphatic carbocycles. The molecule has 31 heavy (non-hydrogen) atoms. The highest BCUT2D eigenvalue weighted by molar-refractivity contribution is 7.89. The molecule has 9 nitrogen and oxygen atoms in total. The van der Waals surface area contributed by atoms with Crippen molar-refractivity contribution in [1.29, 1.82) is 0 Å². The monoisotopic (exact) mass is 454 g/mol. The maximum atomic E-state index is 13.0. The van der Waals surface area contributed by atoms with Crippen LogP contribution in [0, 0.1) is 6.92 Å². The average molecular weight is 455 g/mol. The number of nitrogens with zero attached hydrogens (tertiary/aromatic N) is 2. The topological polar surface area (TPSA) is 107 Å². The summed E-state index contributed by atoms with van der Waals surface area (Å²) in [6.07, 6.45) is 1.88. The zero-order chi connectivity index (χ0) is 22.3. The molecule has 2 heterocycles. The summed E-state index contributed by atoms with van der Waals surface area (Å²) in [5.74, 6) is 0. The summed E-state index contributed by atoms with van der Waals surface area (Å²) in [5.41, 5.74) is 1.65. The van der Waals surface area contributed by atoms with Crippen LogP contribution in [-0.2, 0) is 29.0 Å². The zero-order valence-electron chi connectivity index (χ0n) is 17.8. The summed E-state index contributed by atoms with van der Waals surface area (Å²) in [4.78, 5) is 4.43. The molecular weight excluding hydrogens is 424 g/mol. The molecule has 3 rings (SSSR count).